The third-order valence-corrected chi connectivity index (χ3v) is 6.31. The Morgan fingerprint density at radius 3 is 2.72 bits per heavy atom. The summed E-state index contributed by atoms with van der Waals surface area (Å²) in [6, 6.07) is -0.209. The van der Waals surface area contributed by atoms with Crippen LogP contribution in [0.2, 0.25) is 0 Å². The van der Waals surface area contributed by atoms with E-state index in [9.17, 15) is 13.2 Å². The molecule has 1 N–H and O–H groups in total. The van der Waals surface area contributed by atoms with E-state index in [1.165, 1.54) is 4.31 Å². The second-order valence-electron chi connectivity index (χ2n) is 4.99. The predicted octanol–water partition coefficient (Wildman–Crippen LogP) is 0.290. The first-order valence-corrected chi connectivity index (χ1v) is 7.76. The van der Waals surface area contributed by atoms with E-state index >= 15 is 0 Å². The first-order chi connectivity index (χ1) is 8.44. The van der Waals surface area contributed by atoms with Gasteiger partial charge in [-0.1, -0.05) is 6.42 Å². The Hall–Kier alpha value is -0.660. The maximum Gasteiger partial charge on any atom is 0.307 e. The van der Waals surface area contributed by atoms with Crippen LogP contribution in [0.1, 0.15) is 26.2 Å². The van der Waals surface area contributed by atoms with Crippen LogP contribution >= 0.6 is 0 Å². The summed E-state index contributed by atoms with van der Waals surface area (Å²) in [4.78, 5) is 11.1. The predicted molar refractivity (Wildman–Crippen MR) is 64.7 cm³/mol. The standard InChI is InChI=1S/C11H19NO5S/c1-8-7-17-6-5-12(8)18(15,16)10-4-2-3-9(10)11(13)14/h8-10H,2-7H2,1H3,(H,13,14)/t8-,9?,10?/m1/s1. The SMILES string of the molecule is C[C@@H]1COCCN1S(=O)(=O)C1CCCC1C(=O)O. The molecule has 0 amide bonds. The zero-order valence-corrected chi connectivity index (χ0v) is 11.2. The van der Waals surface area contributed by atoms with Crippen LogP contribution in [0.3, 0.4) is 0 Å². The average Bonchev–Trinajstić information content (AvgIpc) is 2.78. The van der Waals surface area contributed by atoms with Gasteiger partial charge in [-0.3, -0.25) is 4.79 Å². The van der Waals surface area contributed by atoms with Gasteiger partial charge in [0, 0.05) is 12.6 Å². The highest BCUT2D eigenvalue weighted by Gasteiger charge is 2.45. The van der Waals surface area contributed by atoms with E-state index in [0.29, 0.717) is 39.0 Å². The fraction of sp³-hybridized carbons (Fsp3) is 0.909. The Balaban J connectivity index is 2.22. The molecule has 18 heavy (non-hydrogen) atoms. The summed E-state index contributed by atoms with van der Waals surface area (Å²) in [5, 5.41) is 8.34. The maximum atomic E-state index is 12.5. The number of ether oxygens (including phenoxy) is 1. The van der Waals surface area contributed by atoms with Gasteiger partial charge in [-0.05, 0) is 19.8 Å². The van der Waals surface area contributed by atoms with Crippen LogP contribution in [0.4, 0.5) is 0 Å². The normalized spacial score (nSPS) is 34.6. The largest absolute Gasteiger partial charge is 0.481 e. The summed E-state index contributed by atoms with van der Waals surface area (Å²) in [6.45, 7) is 2.88. The second-order valence-corrected chi connectivity index (χ2v) is 7.10. The van der Waals surface area contributed by atoms with Crippen molar-refractivity contribution in [3.8, 4) is 0 Å². The number of carboxylic acids is 1. The van der Waals surface area contributed by atoms with E-state index in [0.717, 1.165) is 0 Å². The topological polar surface area (TPSA) is 83.9 Å². The fourth-order valence-corrected chi connectivity index (χ4v) is 5.20. The van der Waals surface area contributed by atoms with Gasteiger partial charge in [0.15, 0.2) is 0 Å². The summed E-state index contributed by atoms with van der Waals surface area (Å²) >= 11 is 0. The smallest absolute Gasteiger partial charge is 0.307 e. The monoisotopic (exact) mass is 277 g/mol. The Morgan fingerprint density at radius 2 is 2.11 bits per heavy atom. The van der Waals surface area contributed by atoms with Gasteiger partial charge in [-0.2, -0.15) is 4.31 Å². The summed E-state index contributed by atoms with van der Waals surface area (Å²) in [5.41, 5.74) is 0. The highest BCUT2D eigenvalue weighted by molar-refractivity contribution is 7.89. The zero-order valence-electron chi connectivity index (χ0n) is 10.4. The van der Waals surface area contributed by atoms with Crippen LogP contribution in [-0.2, 0) is 19.6 Å². The molecule has 2 fully saturated rings. The molecular weight excluding hydrogens is 258 g/mol. The molecule has 0 aromatic carbocycles. The molecule has 104 valence electrons. The third-order valence-electron chi connectivity index (χ3n) is 3.79. The molecular formula is C11H19NO5S. The van der Waals surface area contributed by atoms with Crippen molar-refractivity contribution in [1.82, 2.24) is 4.31 Å². The van der Waals surface area contributed by atoms with Gasteiger partial charge in [0.2, 0.25) is 10.0 Å². The maximum absolute atomic E-state index is 12.5. The van der Waals surface area contributed by atoms with Crippen LogP contribution in [0.5, 0.6) is 0 Å². The molecule has 3 atom stereocenters. The van der Waals surface area contributed by atoms with Crippen molar-refractivity contribution < 1.29 is 23.1 Å². The van der Waals surface area contributed by atoms with Crippen LogP contribution in [-0.4, -0.2) is 54.8 Å². The van der Waals surface area contributed by atoms with Crippen molar-refractivity contribution >= 4 is 16.0 Å². The van der Waals surface area contributed by atoms with Gasteiger partial charge < -0.3 is 9.84 Å². The van der Waals surface area contributed by atoms with Crippen molar-refractivity contribution in [3.63, 3.8) is 0 Å². The van der Waals surface area contributed by atoms with E-state index in [-0.39, 0.29) is 6.04 Å². The lowest BCUT2D eigenvalue weighted by Gasteiger charge is -2.35. The minimum atomic E-state index is -3.53. The van der Waals surface area contributed by atoms with Gasteiger partial charge in [0.05, 0.1) is 24.4 Å². The first kappa shape index (κ1) is 13.8. The third kappa shape index (κ3) is 2.39. The second kappa shape index (κ2) is 5.14. The number of morpholine rings is 1. The molecule has 0 radical (unpaired) electrons. The fourth-order valence-electron chi connectivity index (χ4n) is 2.83. The molecule has 6 nitrogen and oxygen atoms in total. The van der Waals surface area contributed by atoms with Crippen LogP contribution in [0, 0.1) is 5.92 Å². The number of carboxylic acid groups (broad SMARTS) is 1. The zero-order chi connectivity index (χ0) is 13.3. The van der Waals surface area contributed by atoms with Gasteiger partial charge in [-0.15, -0.1) is 0 Å². The molecule has 1 saturated heterocycles. The van der Waals surface area contributed by atoms with E-state index < -0.39 is 27.2 Å². The van der Waals surface area contributed by atoms with E-state index in [4.69, 9.17) is 9.84 Å². The van der Waals surface area contributed by atoms with Crippen molar-refractivity contribution in [3.05, 3.63) is 0 Å². The van der Waals surface area contributed by atoms with Crippen molar-refractivity contribution in [2.75, 3.05) is 19.8 Å². The van der Waals surface area contributed by atoms with Crippen molar-refractivity contribution in [2.24, 2.45) is 5.92 Å². The highest BCUT2D eigenvalue weighted by Crippen LogP contribution is 2.34. The molecule has 1 heterocycles. The molecule has 1 aliphatic heterocycles. The number of sulfonamides is 1. The summed E-state index contributed by atoms with van der Waals surface area (Å²) < 4.78 is 31.7. The van der Waals surface area contributed by atoms with E-state index in [1.807, 2.05) is 0 Å². The van der Waals surface area contributed by atoms with E-state index in [1.54, 1.807) is 6.92 Å². The Labute approximate surface area is 107 Å². The minimum absolute atomic E-state index is 0.209. The van der Waals surface area contributed by atoms with Gasteiger partial charge in [0.1, 0.15) is 0 Å². The number of aliphatic carboxylic acids is 1. The molecule has 2 rings (SSSR count). The molecule has 0 bridgehead atoms. The summed E-state index contributed by atoms with van der Waals surface area (Å²) in [6.07, 6.45) is 1.57. The first-order valence-electron chi connectivity index (χ1n) is 6.26. The van der Waals surface area contributed by atoms with Crippen molar-refractivity contribution in [1.29, 1.82) is 0 Å². The van der Waals surface area contributed by atoms with Crippen LogP contribution < -0.4 is 0 Å². The molecule has 1 saturated carbocycles. The van der Waals surface area contributed by atoms with Crippen LogP contribution in [0.15, 0.2) is 0 Å². The number of rotatable bonds is 3. The molecule has 0 aromatic rings. The lowest BCUT2D eigenvalue weighted by atomic mass is 10.1. The van der Waals surface area contributed by atoms with Crippen LogP contribution in [0.25, 0.3) is 0 Å². The number of hydrogen-bond donors (Lipinski definition) is 1. The van der Waals surface area contributed by atoms with Gasteiger partial charge >= 0.3 is 5.97 Å². The quantitative estimate of drug-likeness (QED) is 0.801. The van der Waals surface area contributed by atoms with E-state index in [2.05, 4.69) is 0 Å². The minimum Gasteiger partial charge on any atom is -0.481 e. The molecule has 1 aliphatic carbocycles. The average molecular weight is 277 g/mol. The lowest BCUT2D eigenvalue weighted by molar-refractivity contribution is -0.141. The molecule has 2 unspecified atom stereocenters. The summed E-state index contributed by atoms with van der Waals surface area (Å²) in [5.74, 6) is -1.76. The van der Waals surface area contributed by atoms with Crippen molar-refractivity contribution in [2.45, 2.75) is 37.5 Å². The number of nitrogens with zero attached hydrogens (tertiary/aromatic N) is 1. The van der Waals surface area contributed by atoms with Gasteiger partial charge in [-0.25, -0.2) is 8.42 Å². The Bertz CT molecular complexity index is 421. The lowest BCUT2D eigenvalue weighted by Crippen LogP contribution is -2.51. The van der Waals surface area contributed by atoms with Gasteiger partial charge in [0.25, 0.3) is 0 Å². The molecule has 7 heteroatoms. The highest BCUT2D eigenvalue weighted by atomic mass is 32.2. The summed E-state index contributed by atoms with van der Waals surface area (Å²) in [7, 11) is -3.53. The molecule has 0 spiro atoms. The molecule has 2 aliphatic rings. The Kier molecular flexibility index (Phi) is 3.93. The Morgan fingerprint density at radius 1 is 1.39 bits per heavy atom. The number of carbonyl (C=O) groups is 1. The number of hydrogen-bond acceptors (Lipinski definition) is 4. The molecule has 0 aromatic heterocycles.